The lowest BCUT2D eigenvalue weighted by atomic mass is 10.2. The molecule has 148 valence electrons. The molecule has 0 aliphatic rings. The van der Waals surface area contributed by atoms with Crippen LogP contribution >= 0.6 is 35.7 Å². The van der Waals surface area contributed by atoms with E-state index in [1.54, 1.807) is 7.11 Å². The van der Waals surface area contributed by atoms with Gasteiger partial charge in [0.1, 0.15) is 12.3 Å². The molecule has 1 aromatic rings. The van der Waals surface area contributed by atoms with Crippen LogP contribution in [0.4, 0.5) is 0 Å². The van der Waals surface area contributed by atoms with Crippen molar-refractivity contribution in [1.29, 1.82) is 0 Å². The molecule has 0 bridgehead atoms. The Hall–Kier alpha value is -1.16. The number of hydrogen-bond donors (Lipinski definition) is 3. The number of methoxy groups -OCH3 is 1. The summed E-state index contributed by atoms with van der Waals surface area (Å²) < 4.78 is 5.12. The van der Waals surface area contributed by atoms with Crippen LogP contribution in [0.2, 0.25) is 0 Å². The standard InChI is InChI=1S/C18H30N4O2S.HI/c1-4-19-18(20-11-5-6-12-25-3)22-14-17(23)21-13-15-7-9-16(24-2)10-8-15;/h7-10H,4-6,11-14H2,1-3H3,(H,21,23)(H2,19,20,22);1H. The molecule has 1 amide bonds. The molecule has 0 fully saturated rings. The van der Waals surface area contributed by atoms with Crippen molar-refractivity contribution in [2.75, 3.05) is 38.8 Å². The van der Waals surface area contributed by atoms with Crippen LogP contribution in [0.15, 0.2) is 29.3 Å². The van der Waals surface area contributed by atoms with Crippen LogP contribution in [-0.4, -0.2) is 50.6 Å². The fourth-order valence-electron chi connectivity index (χ4n) is 2.07. The second-order valence-electron chi connectivity index (χ2n) is 5.45. The predicted octanol–water partition coefficient (Wildman–Crippen LogP) is 2.63. The molecule has 6 nitrogen and oxygen atoms in total. The number of carbonyl (C=O) groups is 1. The van der Waals surface area contributed by atoms with Gasteiger partial charge < -0.3 is 20.7 Å². The van der Waals surface area contributed by atoms with Gasteiger partial charge in [-0.25, -0.2) is 4.99 Å². The van der Waals surface area contributed by atoms with E-state index < -0.39 is 0 Å². The van der Waals surface area contributed by atoms with Crippen LogP contribution < -0.4 is 20.7 Å². The van der Waals surface area contributed by atoms with Gasteiger partial charge in [-0.1, -0.05) is 12.1 Å². The Morgan fingerprint density at radius 3 is 2.50 bits per heavy atom. The second-order valence-corrected chi connectivity index (χ2v) is 6.43. The molecule has 0 heterocycles. The minimum Gasteiger partial charge on any atom is -0.497 e. The number of nitrogens with one attached hydrogen (secondary N) is 3. The highest BCUT2D eigenvalue weighted by molar-refractivity contribution is 14.0. The fourth-order valence-corrected chi connectivity index (χ4v) is 2.56. The summed E-state index contributed by atoms with van der Waals surface area (Å²) in [4.78, 5) is 16.3. The van der Waals surface area contributed by atoms with Crippen molar-refractivity contribution in [3.05, 3.63) is 29.8 Å². The Labute approximate surface area is 178 Å². The van der Waals surface area contributed by atoms with Gasteiger partial charge in [-0.15, -0.1) is 24.0 Å². The Kier molecular flexibility index (Phi) is 15.3. The van der Waals surface area contributed by atoms with Crippen molar-refractivity contribution in [3.8, 4) is 5.75 Å². The second kappa shape index (κ2) is 16.0. The van der Waals surface area contributed by atoms with E-state index in [0.29, 0.717) is 12.5 Å². The molecule has 0 spiro atoms. The number of nitrogens with zero attached hydrogens (tertiary/aromatic N) is 1. The maximum atomic E-state index is 12.0. The average molecular weight is 494 g/mol. The number of amides is 1. The molecular formula is C18H31IN4O2S. The SMILES string of the molecule is CCNC(=NCC(=O)NCc1ccc(OC)cc1)NCCCCSC.I. The molecule has 26 heavy (non-hydrogen) atoms. The van der Waals surface area contributed by atoms with Gasteiger partial charge >= 0.3 is 0 Å². The molecule has 0 aromatic heterocycles. The molecular weight excluding hydrogens is 463 g/mol. The normalized spacial score (nSPS) is 10.7. The molecule has 3 N–H and O–H groups in total. The summed E-state index contributed by atoms with van der Waals surface area (Å²) in [6, 6.07) is 7.62. The minimum atomic E-state index is -0.101. The van der Waals surface area contributed by atoms with E-state index in [-0.39, 0.29) is 36.4 Å². The van der Waals surface area contributed by atoms with Crippen LogP contribution in [0.25, 0.3) is 0 Å². The summed E-state index contributed by atoms with van der Waals surface area (Å²) in [6.07, 6.45) is 4.38. The molecule has 0 unspecified atom stereocenters. The van der Waals surface area contributed by atoms with Crippen molar-refractivity contribution in [3.63, 3.8) is 0 Å². The molecule has 0 atom stereocenters. The molecule has 0 aliphatic carbocycles. The minimum absolute atomic E-state index is 0. The van der Waals surface area contributed by atoms with Gasteiger partial charge in [-0.2, -0.15) is 11.8 Å². The number of thioether (sulfide) groups is 1. The van der Waals surface area contributed by atoms with E-state index in [1.165, 1.54) is 12.2 Å². The van der Waals surface area contributed by atoms with E-state index in [0.717, 1.165) is 30.8 Å². The van der Waals surface area contributed by atoms with Gasteiger partial charge in [0.05, 0.1) is 7.11 Å². The van der Waals surface area contributed by atoms with Gasteiger partial charge in [0.25, 0.3) is 0 Å². The van der Waals surface area contributed by atoms with Crippen molar-refractivity contribution >= 4 is 47.6 Å². The molecule has 1 rings (SSSR count). The maximum absolute atomic E-state index is 12.0. The van der Waals surface area contributed by atoms with Crippen LogP contribution in [-0.2, 0) is 11.3 Å². The van der Waals surface area contributed by atoms with E-state index in [4.69, 9.17) is 4.74 Å². The zero-order chi connectivity index (χ0) is 18.3. The lowest BCUT2D eigenvalue weighted by molar-refractivity contribution is -0.119. The Morgan fingerprint density at radius 2 is 1.88 bits per heavy atom. The molecule has 0 saturated heterocycles. The highest BCUT2D eigenvalue weighted by Crippen LogP contribution is 2.10. The summed E-state index contributed by atoms with van der Waals surface area (Å²) in [6.45, 7) is 4.23. The number of unbranched alkanes of at least 4 members (excludes halogenated alkanes) is 1. The quantitative estimate of drug-likeness (QED) is 0.191. The predicted molar refractivity (Wildman–Crippen MR) is 122 cm³/mol. The third-order valence-electron chi connectivity index (χ3n) is 3.44. The number of aliphatic imine (C=N–C) groups is 1. The lowest BCUT2D eigenvalue weighted by Crippen LogP contribution is -2.39. The summed E-state index contributed by atoms with van der Waals surface area (Å²) in [5, 5.41) is 9.28. The first kappa shape index (κ1) is 24.8. The Balaban J connectivity index is 0.00000625. The zero-order valence-electron chi connectivity index (χ0n) is 15.8. The Morgan fingerprint density at radius 1 is 1.15 bits per heavy atom. The summed E-state index contributed by atoms with van der Waals surface area (Å²) in [7, 11) is 1.63. The number of carbonyl (C=O) groups excluding carboxylic acids is 1. The van der Waals surface area contributed by atoms with E-state index >= 15 is 0 Å². The first-order valence-corrected chi connectivity index (χ1v) is 9.99. The number of benzene rings is 1. The summed E-state index contributed by atoms with van der Waals surface area (Å²) in [5.41, 5.74) is 1.02. The highest BCUT2D eigenvalue weighted by atomic mass is 127. The van der Waals surface area contributed by atoms with Gasteiger partial charge in [-0.3, -0.25) is 4.79 Å². The number of guanidine groups is 1. The zero-order valence-corrected chi connectivity index (χ0v) is 19.0. The van der Waals surface area contributed by atoms with E-state index in [1.807, 2.05) is 43.0 Å². The van der Waals surface area contributed by atoms with Gasteiger partial charge in [0.15, 0.2) is 5.96 Å². The van der Waals surface area contributed by atoms with Crippen molar-refractivity contribution in [2.24, 2.45) is 4.99 Å². The number of halogens is 1. The first-order valence-electron chi connectivity index (χ1n) is 8.60. The largest absolute Gasteiger partial charge is 0.497 e. The molecule has 8 heteroatoms. The third-order valence-corrected chi connectivity index (χ3v) is 4.14. The average Bonchev–Trinajstić information content (AvgIpc) is 2.64. The van der Waals surface area contributed by atoms with E-state index in [2.05, 4.69) is 27.2 Å². The summed E-state index contributed by atoms with van der Waals surface area (Å²) >= 11 is 1.86. The van der Waals surface area contributed by atoms with Crippen molar-refractivity contribution in [2.45, 2.75) is 26.3 Å². The maximum Gasteiger partial charge on any atom is 0.242 e. The monoisotopic (exact) mass is 494 g/mol. The van der Waals surface area contributed by atoms with Crippen molar-refractivity contribution < 1.29 is 9.53 Å². The number of rotatable bonds is 11. The van der Waals surface area contributed by atoms with Gasteiger partial charge in [0, 0.05) is 19.6 Å². The van der Waals surface area contributed by atoms with Crippen molar-refractivity contribution in [1.82, 2.24) is 16.0 Å². The Bertz CT molecular complexity index is 526. The van der Waals surface area contributed by atoms with Gasteiger partial charge in [-0.05, 0) is 49.5 Å². The van der Waals surface area contributed by atoms with E-state index in [9.17, 15) is 4.79 Å². The van der Waals surface area contributed by atoms with Gasteiger partial charge in [0.2, 0.25) is 5.91 Å². The van der Waals surface area contributed by atoms with Crippen LogP contribution in [0.1, 0.15) is 25.3 Å². The lowest BCUT2D eigenvalue weighted by Gasteiger charge is -2.11. The first-order chi connectivity index (χ1) is 12.2. The smallest absolute Gasteiger partial charge is 0.242 e. The molecule has 0 saturated carbocycles. The topological polar surface area (TPSA) is 74.8 Å². The van der Waals surface area contributed by atoms with Crippen LogP contribution in [0.3, 0.4) is 0 Å². The molecule has 0 aliphatic heterocycles. The van der Waals surface area contributed by atoms with Crippen LogP contribution in [0, 0.1) is 0 Å². The number of ether oxygens (including phenoxy) is 1. The summed E-state index contributed by atoms with van der Waals surface area (Å²) in [5.74, 6) is 2.56. The molecule has 1 aromatic carbocycles. The highest BCUT2D eigenvalue weighted by Gasteiger charge is 2.03. The van der Waals surface area contributed by atoms with Crippen LogP contribution in [0.5, 0.6) is 5.75 Å². The number of hydrogen-bond acceptors (Lipinski definition) is 4. The molecule has 0 radical (unpaired) electrons. The fraction of sp³-hybridized carbons (Fsp3) is 0.556. The third kappa shape index (κ3) is 11.5.